The molecule has 5 heteroatoms. The molecule has 0 unspecified atom stereocenters. The van der Waals surface area contributed by atoms with E-state index in [2.05, 4.69) is 200 Å². The molecule has 10 aromatic carbocycles. The van der Waals surface area contributed by atoms with Crippen LogP contribution in [-0.4, -0.2) is 25.5 Å². The van der Waals surface area contributed by atoms with E-state index in [1.54, 1.807) is 0 Å². The quantitative estimate of drug-likeness (QED) is 0.0659. The summed E-state index contributed by atoms with van der Waals surface area (Å²) in [6.45, 7) is 0. The van der Waals surface area contributed by atoms with Gasteiger partial charge in [0.1, 0.15) is 28.7 Å². The van der Waals surface area contributed by atoms with E-state index in [-0.39, 0.29) is 0 Å². The zero-order valence-electron chi connectivity index (χ0n) is 84.6. The van der Waals surface area contributed by atoms with Crippen LogP contribution in [0.15, 0.2) is 212 Å². The van der Waals surface area contributed by atoms with Crippen molar-refractivity contribution in [3.8, 4) is 84.4 Å². The Kier molecular flexibility index (Phi) is 40.1. The minimum absolute atomic E-state index is 0.505. The van der Waals surface area contributed by atoms with Gasteiger partial charge in [-0.15, -0.1) is 0 Å². The molecule has 0 amide bonds. The van der Waals surface area contributed by atoms with E-state index in [4.69, 9.17) is 0 Å². The Bertz CT molecular complexity index is 5130. The molecular formula is C132H174O5. The van der Waals surface area contributed by atoms with E-state index in [0.29, 0.717) is 87.9 Å². The van der Waals surface area contributed by atoms with Crippen LogP contribution in [0.25, 0.3) is 55.6 Å². The Balaban J connectivity index is 0.000000125. The van der Waals surface area contributed by atoms with Crippen LogP contribution in [0.1, 0.15) is 513 Å². The lowest BCUT2D eigenvalue weighted by atomic mass is 9.78. The fourth-order valence-corrected chi connectivity index (χ4v) is 26.7. The van der Waals surface area contributed by atoms with E-state index in [0.717, 1.165) is 55.6 Å². The van der Waals surface area contributed by atoms with Gasteiger partial charge < -0.3 is 25.5 Å². The maximum atomic E-state index is 11.6. The fourth-order valence-electron chi connectivity index (χ4n) is 26.7. The largest absolute Gasteiger partial charge is 0.507 e. The molecule has 137 heavy (non-hydrogen) atoms. The lowest BCUT2D eigenvalue weighted by Crippen LogP contribution is -2.09. The summed E-state index contributed by atoms with van der Waals surface area (Å²) in [5.41, 5.74) is 24.6. The monoisotopic (exact) mass is 1840 g/mol. The molecule has 10 aliphatic rings. The predicted octanol–water partition coefficient (Wildman–Crippen LogP) is 40.5. The van der Waals surface area contributed by atoms with Crippen LogP contribution in [0.5, 0.6) is 28.7 Å². The average molecular weight is 1840 g/mol. The first kappa shape index (κ1) is 101. The van der Waals surface area contributed by atoms with Gasteiger partial charge in [-0.05, 0) is 301 Å². The molecule has 732 valence electrons. The molecule has 0 aliphatic heterocycles. The summed E-state index contributed by atoms with van der Waals surface area (Å²) in [6, 6.07) is 76.0. The van der Waals surface area contributed by atoms with Gasteiger partial charge >= 0.3 is 0 Å². The van der Waals surface area contributed by atoms with Crippen molar-refractivity contribution in [2.45, 2.75) is 457 Å². The third-order valence-electron chi connectivity index (χ3n) is 34.8. The zero-order valence-corrected chi connectivity index (χ0v) is 84.6. The number of benzene rings is 10. The number of rotatable bonds is 15. The second-order valence-electron chi connectivity index (χ2n) is 44.5. The van der Waals surface area contributed by atoms with Crippen molar-refractivity contribution < 1.29 is 25.5 Å². The Morgan fingerprint density at radius 3 is 0.372 bits per heavy atom. The summed E-state index contributed by atoms with van der Waals surface area (Å²) in [4.78, 5) is 0. The Hall–Kier alpha value is -8.80. The van der Waals surface area contributed by atoms with Crippen molar-refractivity contribution in [1.29, 1.82) is 0 Å². The smallest absolute Gasteiger partial charge is 0.126 e. The van der Waals surface area contributed by atoms with E-state index in [1.807, 2.05) is 12.1 Å². The lowest BCUT2D eigenvalue weighted by molar-refractivity contribution is 0.411. The summed E-state index contributed by atoms with van der Waals surface area (Å²) < 4.78 is 0. The van der Waals surface area contributed by atoms with Crippen molar-refractivity contribution in [3.05, 3.63) is 268 Å². The molecule has 0 spiro atoms. The highest BCUT2D eigenvalue weighted by Gasteiger charge is 2.33. The summed E-state index contributed by atoms with van der Waals surface area (Å²) >= 11 is 0. The van der Waals surface area contributed by atoms with Gasteiger partial charge in [0.2, 0.25) is 0 Å². The van der Waals surface area contributed by atoms with Gasteiger partial charge in [0.05, 0.1) is 0 Å². The molecule has 0 radical (unpaired) electrons. The van der Waals surface area contributed by atoms with Crippen LogP contribution in [0.2, 0.25) is 0 Å². The van der Waals surface area contributed by atoms with Gasteiger partial charge in [-0.25, -0.2) is 0 Å². The summed E-state index contributed by atoms with van der Waals surface area (Å²) in [6.07, 6.45) is 82.3. The molecule has 0 atom stereocenters. The van der Waals surface area contributed by atoms with Gasteiger partial charge in [0.15, 0.2) is 0 Å². The molecule has 0 bridgehead atoms. The molecule has 10 aliphatic carbocycles. The highest BCUT2D eigenvalue weighted by molar-refractivity contribution is 5.78. The van der Waals surface area contributed by atoms with Crippen molar-refractivity contribution in [2.75, 3.05) is 0 Å². The lowest BCUT2D eigenvalue weighted by Gasteiger charge is -2.28. The highest BCUT2D eigenvalue weighted by atomic mass is 16.3. The van der Waals surface area contributed by atoms with Gasteiger partial charge in [0.25, 0.3) is 0 Å². The second-order valence-corrected chi connectivity index (χ2v) is 44.5. The number of aromatic hydroxyl groups is 5. The van der Waals surface area contributed by atoms with Gasteiger partial charge in [-0.3, -0.25) is 0 Å². The van der Waals surface area contributed by atoms with E-state index < -0.39 is 0 Å². The molecule has 20 rings (SSSR count). The second kappa shape index (κ2) is 54.3. The third kappa shape index (κ3) is 28.8. The molecule has 5 N–H and O–H groups in total. The maximum Gasteiger partial charge on any atom is 0.126 e. The van der Waals surface area contributed by atoms with Crippen LogP contribution in [0.4, 0.5) is 0 Å². The topological polar surface area (TPSA) is 101 Å². The van der Waals surface area contributed by atoms with Crippen molar-refractivity contribution >= 4 is 0 Å². The van der Waals surface area contributed by atoms with Crippen molar-refractivity contribution in [1.82, 2.24) is 0 Å². The predicted molar refractivity (Wildman–Crippen MR) is 581 cm³/mol. The van der Waals surface area contributed by atoms with E-state index in [9.17, 15) is 25.5 Å². The molecule has 5 nitrogen and oxygen atoms in total. The fraction of sp³-hybridized carbons (Fsp3) is 0.545. The number of hydrogen-bond donors (Lipinski definition) is 5. The van der Waals surface area contributed by atoms with E-state index in [1.165, 1.54) is 454 Å². The minimum Gasteiger partial charge on any atom is -0.507 e. The first-order valence-corrected chi connectivity index (χ1v) is 57.2. The van der Waals surface area contributed by atoms with Crippen molar-refractivity contribution in [3.63, 3.8) is 0 Å². The van der Waals surface area contributed by atoms with Crippen LogP contribution in [0.3, 0.4) is 0 Å². The molecule has 0 heterocycles. The maximum absolute atomic E-state index is 11.6. The molecule has 0 aromatic heterocycles. The van der Waals surface area contributed by atoms with Crippen LogP contribution >= 0.6 is 0 Å². The molecule has 10 saturated carbocycles. The Labute approximate surface area is 829 Å². The van der Waals surface area contributed by atoms with Gasteiger partial charge in [-0.1, -0.05) is 452 Å². The average Bonchev–Trinajstić information content (AvgIpc) is 1.78. The zero-order chi connectivity index (χ0) is 93.8. The summed E-state index contributed by atoms with van der Waals surface area (Å²) in [5, 5.41) is 56.3. The standard InChI is InChI=1S/C32H46O.C28H38O.C26H34O.C24H30O.C22H26O/c33-32-30(27-20-14-9-5-2-6-10-15-21-27)24-29(25-31(32)28-22-16-11-17-23-28)26-18-12-7-3-1-4-8-13-19-26;29-28-26(23-16-10-5-2-6-11-17-23)20-25(22-14-8-3-1-4-9-15-22)21-27(28)24-18-12-7-13-19-24;27-26-24(21-14-8-3-4-9-15-21)18-23(20-12-6-1-2-7-13-20)19-25(26)22-16-10-5-11-17-22;25-24-22(19-12-6-2-7-13-19)16-21(18-10-4-1-5-11-18)17-23(24)20-14-8-3-9-15-20;23-22-20(17-10-2-1-3-11-17)14-19(16-8-4-5-9-16)15-21(22)18-12-6-7-13-18/h11,16-17,22-27,33H,1-10,12-15,18-21H2;7,12-13,18-23,29H,1-6,8-11,14-17H2;5,10-11,16-21,27H,1-4,6-9,12-15H2;2,6-7,12-13,16-18,20,25H,1,3-5,8-11,14-15H2;1-3,10-11,14-16,18,23H,4-9,12-13H2. The minimum atomic E-state index is 0.505. The number of phenols is 5. The van der Waals surface area contributed by atoms with E-state index >= 15 is 0 Å². The van der Waals surface area contributed by atoms with Crippen LogP contribution in [-0.2, 0) is 0 Å². The van der Waals surface area contributed by atoms with Crippen LogP contribution in [0, 0.1) is 0 Å². The SMILES string of the molecule is Oc1c(-c2ccccc2)cc(C2CCCC2)cc1C1CCCC1.Oc1c(-c2ccccc2)cc(C2CCCCC2)cc1C1CCCCC1.Oc1c(-c2ccccc2)cc(C2CCCCCC2)cc1C1CCCCCC1.Oc1c(-c2ccccc2)cc(C2CCCCCCC2)cc1C1CCCCCCC1.Oc1c(-c2ccccc2)cc(C2CCCCCCCCC2)cc1C1CCCCCCCCC1. The van der Waals surface area contributed by atoms with Crippen LogP contribution < -0.4 is 0 Å². The Morgan fingerprint density at radius 2 is 0.234 bits per heavy atom. The highest BCUT2D eigenvalue weighted by Crippen LogP contribution is 2.53. The number of hydrogen-bond acceptors (Lipinski definition) is 5. The normalized spacial score (nSPS) is 20.2. The number of phenolic OH excluding ortho intramolecular Hbond substituents is 5. The molecule has 10 aromatic rings. The Morgan fingerprint density at radius 1 is 0.124 bits per heavy atom. The first-order chi connectivity index (χ1) is 67.6. The molecular weight excluding hydrogens is 1670 g/mol. The molecule has 10 fully saturated rings. The van der Waals surface area contributed by atoms with Gasteiger partial charge in [-0.2, -0.15) is 0 Å². The van der Waals surface area contributed by atoms with Crippen molar-refractivity contribution in [2.24, 2.45) is 0 Å². The first-order valence-electron chi connectivity index (χ1n) is 57.2. The van der Waals surface area contributed by atoms with Gasteiger partial charge in [0, 0.05) is 27.8 Å². The summed E-state index contributed by atoms with van der Waals surface area (Å²) in [5.74, 6) is 8.72. The molecule has 0 saturated heterocycles. The third-order valence-corrected chi connectivity index (χ3v) is 34.8. The summed E-state index contributed by atoms with van der Waals surface area (Å²) in [7, 11) is 0.